The zero-order chi connectivity index (χ0) is 26.2. The van der Waals surface area contributed by atoms with E-state index in [9.17, 15) is 23.1 Å². The Hall–Kier alpha value is -3.40. The van der Waals surface area contributed by atoms with Gasteiger partial charge in [0.2, 0.25) is 0 Å². The molecule has 2 saturated carbocycles. The van der Waals surface area contributed by atoms with Crippen LogP contribution in [0.4, 0.5) is 19.0 Å². The molecule has 2 N–H and O–H groups in total. The molecule has 3 aliphatic rings. The summed E-state index contributed by atoms with van der Waals surface area (Å²) < 4.78 is 49.0. The van der Waals surface area contributed by atoms with E-state index in [-0.39, 0.29) is 41.2 Å². The molecule has 1 aliphatic heterocycles. The average Bonchev–Trinajstić information content (AvgIpc) is 3.54. The molecule has 3 atom stereocenters. The van der Waals surface area contributed by atoms with Crippen LogP contribution < -0.4 is 9.64 Å². The molecule has 37 heavy (non-hydrogen) atoms. The first-order chi connectivity index (χ1) is 17.7. The number of aldehydes is 1. The van der Waals surface area contributed by atoms with Gasteiger partial charge in [-0.1, -0.05) is 12.1 Å². The highest BCUT2D eigenvalue weighted by Gasteiger charge is 2.42. The van der Waals surface area contributed by atoms with E-state index >= 15 is 0 Å². The molecule has 10 heteroatoms. The van der Waals surface area contributed by atoms with Crippen LogP contribution in [-0.2, 0) is 4.74 Å². The van der Waals surface area contributed by atoms with Crippen molar-refractivity contribution in [3.05, 3.63) is 65.1 Å². The fourth-order valence-electron chi connectivity index (χ4n) is 5.35. The van der Waals surface area contributed by atoms with E-state index in [0.29, 0.717) is 17.4 Å². The van der Waals surface area contributed by atoms with Crippen LogP contribution in [0.15, 0.2) is 53.9 Å². The standard InChI is InChI=1S/C27H28F3N3O4/c28-27(29,30)37-23-4-2-1-3-21(23)25(31)22(26(35)17-6-7-17)15-36-20-9-18-12-33(13-19(18)10-20)24-8-5-16(14-34)11-32-24/h1-5,8,11,14,17-20,31,35H,6-7,9-10,12-13,15H2/b26-22-,31-25?/t18-,19?,20+/m0/s1. The molecule has 1 aromatic carbocycles. The van der Waals surface area contributed by atoms with E-state index in [4.69, 9.17) is 10.1 Å². The second kappa shape index (κ2) is 10.2. The molecule has 1 saturated heterocycles. The lowest BCUT2D eigenvalue weighted by molar-refractivity contribution is -0.274. The number of carbonyl (C=O) groups excluding carboxylic acids is 1. The number of anilines is 1. The minimum absolute atomic E-state index is 0.0148. The molecule has 1 unspecified atom stereocenters. The summed E-state index contributed by atoms with van der Waals surface area (Å²) in [6, 6.07) is 9.09. The zero-order valence-electron chi connectivity index (χ0n) is 20.1. The van der Waals surface area contributed by atoms with Gasteiger partial charge < -0.3 is 19.5 Å². The van der Waals surface area contributed by atoms with Gasteiger partial charge in [-0.3, -0.25) is 10.2 Å². The highest BCUT2D eigenvalue weighted by Crippen LogP contribution is 2.42. The molecule has 5 rings (SSSR count). The van der Waals surface area contributed by atoms with Crippen molar-refractivity contribution in [1.82, 2.24) is 4.98 Å². The number of hydrogen-bond donors (Lipinski definition) is 2. The van der Waals surface area contributed by atoms with Crippen molar-refractivity contribution < 1.29 is 32.5 Å². The van der Waals surface area contributed by atoms with E-state index in [1.807, 2.05) is 6.07 Å². The van der Waals surface area contributed by atoms with Gasteiger partial charge in [-0.25, -0.2) is 4.98 Å². The Kier molecular flexibility index (Phi) is 6.94. The van der Waals surface area contributed by atoms with E-state index in [1.165, 1.54) is 18.2 Å². The third-order valence-electron chi connectivity index (χ3n) is 7.36. The number of nitrogens with zero attached hydrogens (tertiary/aromatic N) is 2. The molecular weight excluding hydrogens is 487 g/mol. The van der Waals surface area contributed by atoms with E-state index in [0.717, 1.165) is 56.9 Å². The summed E-state index contributed by atoms with van der Waals surface area (Å²) in [5.41, 5.74) is 0.475. The highest BCUT2D eigenvalue weighted by molar-refractivity contribution is 6.12. The molecule has 0 bridgehead atoms. The maximum Gasteiger partial charge on any atom is 0.573 e. The fraction of sp³-hybridized carbons (Fsp3) is 0.444. The predicted octanol–water partition coefficient (Wildman–Crippen LogP) is 5.31. The number of allylic oxidation sites excluding steroid dienone is 1. The zero-order valence-corrected chi connectivity index (χ0v) is 20.1. The Bertz CT molecular complexity index is 1180. The highest BCUT2D eigenvalue weighted by atomic mass is 19.4. The molecule has 2 aliphatic carbocycles. The van der Waals surface area contributed by atoms with Crippen molar-refractivity contribution in [1.29, 1.82) is 5.41 Å². The summed E-state index contributed by atoms with van der Waals surface area (Å²) >= 11 is 0. The van der Waals surface area contributed by atoms with E-state index in [1.54, 1.807) is 12.3 Å². The number of hydrogen-bond acceptors (Lipinski definition) is 7. The van der Waals surface area contributed by atoms with Crippen LogP contribution >= 0.6 is 0 Å². The number of nitrogens with one attached hydrogen (secondary N) is 1. The van der Waals surface area contributed by atoms with Gasteiger partial charge in [-0.15, -0.1) is 13.2 Å². The van der Waals surface area contributed by atoms with Gasteiger partial charge in [-0.2, -0.15) is 0 Å². The van der Waals surface area contributed by atoms with Crippen LogP contribution in [0.3, 0.4) is 0 Å². The van der Waals surface area contributed by atoms with Crippen LogP contribution in [0.25, 0.3) is 0 Å². The van der Waals surface area contributed by atoms with Crippen LogP contribution in [0.1, 0.15) is 41.6 Å². The lowest BCUT2D eigenvalue weighted by Crippen LogP contribution is -2.25. The van der Waals surface area contributed by atoms with Crippen molar-refractivity contribution in [2.24, 2.45) is 17.8 Å². The first-order valence-corrected chi connectivity index (χ1v) is 12.4. The molecule has 7 nitrogen and oxygen atoms in total. The summed E-state index contributed by atoms with van der Waals surface area (Å²) in [7, 11) is 0. The summed E-state index contributed by atoms with van der Waals surface area (Å²) in [5, 5.41) is 19.5. The molecular formula is C27H28F3N3O4. The normalized spacial score (nSPS) is 24.0. The van der Waals surface area contributed by atoms with E-state index < -0.39 is 12.1 Å². The third-order valence-corrected chi connectivity index (χ3v) is 7.36. The Morgan fingerprint density at radius 3 is 2.43 bits per heavy atom. The van der Waals surface area contributed by atoms with Crippen LogP contribution in [-0.4, -0.2) is 54.3 Å². The van der Waals surface area contributed by atoms with Gasteiger partial charge in [0.25, 0.3) is 0 Å². The number of para-hydroxylation sites is 1. The van der Waals surface area contributed by atoms with Crippen LogP contribution in [0, 0.1) is 23.2 Å². The molecule has 2 heterocycles. The molecule has 0 radical (unpaired) electrons. The Labute approximate surface area is 212 Å². The lowest BCUT2D eigenvalue weighted by Gasteiger charge is -2.21. The Morgan fingerprint density at radius 2 is 1.84 bits per heavy atom. The number of ether oxygens (including phenoxy) is 2. The number of fused-ring (bicyclic) bond motifs is 1. The van der Waals surface area contributed by atoms with Crippen LogP contribution in [0.5, 0.6) is 5.75 Å². The quantitative estimate of drug-likeness (QED) is 0.267. The number of aliphatic hydroxyl groups excluding tert-OH is 1. The van der Waals surface area contributed by atoms with Gasteiger partial charge in [0, 0.05) is 41.9 Å². The third kappa shape index (κ3) is 5.79. The van der Waals surface area contributed by atoms with Crippen molar-refractivity contribution in [2.45, 2.75) is 38.1 Å². The average molecular weight is 516 g/mol. The van der Waals surface area contributed by atoms with Crippen molar-refractivity contribution >= 4 is 17.8 Å². The van der Waals surface area contributed by atoms with Gasteiger partial charge in [0.15, 0.2) is 6.29 Å². The molecule has 0 spiro atoms. The Balaban J connectivity index is 1.24. The largest absolute Gasteiger partial charge is 0.573 e. The number of carbonyl (C=O) groups is 1. The number of benzene rings is 1. The monoisotopic (exact) mass is 515 g/mol. The second-order valence-corrected chi connectivity index (χ2v) is 9.95. The minimum atomic E-state index is -4.89. The smallest absolute Gasteiger partial charge is 0.512 e. The Morgan fingerprint density at radius 1 is 1.14 bits per heavy atom. The van der Waals surface area contributed by atoms with Crippen molar-refractivity contribution in [3.63, 3.8) is 0 Å². The SMILES string of the molecule is N=C(/C(CO[C@H]1CC2CN(c3ccc(C=O)cn3)C[C@@H]2C1)=C(\O)C1CC1)c1ccccc1OC(F)(F)F. The van der Waals surface area contributed by atoms with Gasteiger partial charge >= 0.3 is 6.36 Å². The summed E-state index contributed by atoms with van der Waals surface area (Å²) in [5.74, 6) is 1.09. The fourth-order valence-corrected chi connectivity index (χ4v) is 5.35. The molecule has 1 aromatic heterocycles. The maximum atomic E-state index is 12.9. The predicted molar refractivity (Wildman–Crippen MR) is 130 cm³/mol. The first kappa shape index (κ1) is 25.3. The minimum Gasteiger partial charge on any atom is -0.512 e. The van der Waals surface area contributed by atoms with Crippen molar-refractivity contribution in [2.75, 3.05) is 24.6 Å². The van der Waals surface area contributed by atoms with Crippen LogP contribution in [0.2, 0.25) is 0 Å². The van der Waals surface area contributed by atoms with Gasteiger partial charge in [0.1, 0.15) is 17.3 Å². The number of aliphatic hydroxyl groups is 1. The first-order valence-electron chi connectivity index (χ1n) is 12.4. The van der Waals surface area contributed by atoms with Gasteiger partial charge in [0.05, 0.1) is 18.4 Å². The summed E-state index contributed by atoms with van der Waals surface area (Å²) in [6.07, 6.45) is 0.537. The second-order valence-electron chi connectivity index (χ2n) is 9.95. The number of halogens is 3. The van der Waals surface area contributed by atoms with E-state index in [2.05, 4.69) is 14.6 Å². The topological polar surface area (TPSA) is 95.7 Å². The molecule has 0 amide bonds. The van der Waals surface area contributed by atoms with Crippen molar-refractivity contribution in [3.8, 4) is 5.75 Å². The molecule has 196 valence electrons. The number of alkyl halides is 3. The lowest BCUT2D eigenvalue weighted by atomic mass is 9.99. The maximum absolute atomic E-state index is 12.9. The molecule has 2 aromatic rings. The number of pyridine rings is 1. The summed E-state index contributed by atoms with van der Waals surface area (Å²) in [4.78, 5) is 17.5. The summed E-state index contributed by atoms with van der Waals surface area (Å²) in [6.45, 7) is 1.60. The number of rotatable bonds is 9. The molecule has 3 fully saturated rings. The van der Waals surface area contributed by atoms with Gasteiger partial charge in [-0.05, 0) is 61.8 Å². The number of aromatic nitrogens is 1.